The Morgan fingerprint density at radius 2 is 1.57 bits per heavy atom. The van der Waals surface area contributed by atoms with Gasteiger partial charge in [0.05, 0.1) is 27.5 Å². The normalized spacial score (nSPS) is 14.7. The van der Waals surface area contributed by atoms with Crippen molar-refractivity contribution in [1.29, 1.82) is 0 Å². The number of aromatic nitrogens is 1. The Morgan fingerprint density at radius 3 is 2.29 bits per heavy atom. The standard InChI is InChI=1S/C26H16ClN3O4S/c27-19-8-4-3-7-18(19)24-28-20(13-35-24)15-9-10-22-21(11-15)29(23(31)12-34-22)14-30-25(32)16-5-1-2-6-17(16)26(30)33/h1-11,13H,12,14H2. The molecular formula is C26H16ClN3O4S. The first kappa shape index (κ1) is 21.5. The molecule has 172 valence electrons. The van der Waals surface area contributed by atoms with Gasteiger partial charge in [0.25, 0.3) is 17.7 Å². The molecule has 0 unspecified atom stereocenters. The van der Waals surface area contributed by atoms with Crippen LogP contribution in [0.5, 0.6) is 5.75 Å². The van der Waals surface area contributed by atoms with Crippen molar-refractivity contribution in [2.45, 2.75) is 0 Å². The minimum Gasteiger partial charge on any atom is -0.482 e. The second kappa shape index (κ2) is 8.33. The van der Waals surface area contributed by atoms with Gasteiger partial charge in [-0.1, -0.05) is 41.9 Å². The summed E-state index contributed by atoms with van der Waals surface area (Å²) in [6, 6.07) is 19.6. The molecule has 0 atom stereocenters. The van der Waals surface area contributed by atoms with Crippen molar-refractivity contribution < 1.29 is 19.1 Å². The third-order valence-electron chi connectivity index (χ3n) is 5.97. The predicted octanol–water partition coefficient (Wildman–Crippen LogP) is 5.11. The first-order valence-corrected chi connectivity index (χ1v) is 12.0. The minimum atomic E-state index is -0.425. The van der Waals surface area contributed by atoms with Gasteiger partial charge in [-0.2, -0.15) is 0 Å². The highest BCUT2D eigenvalue weighted by molar-refractivity contribution is 7.13. The molecule has 0 spiro atoms. The third kappa shape index (κ3) is 3.58. The monoisotopic (exact) mass is 501 g/mol. The van der Waals surface area contributed by atoms with Gasteiger partial charge in [0.2, 0.25) is 0 Å². The van der Waals surface area contributed by atoms with Crippen LogP contribution < -0.4 is 9.64 Å². The molecule has 0 fully saturated rings. The summed E-state index contributed by atoms with van der Waals surface area (Å²) >= 11 is 7.79. The molecule has 4 aromatic rings. The van der Waals surface area contributed by atoms with Crippen molar-refractivity contribution in [3.63, 3.8) is 0 Å². The summed E-state index contributed by atoms with van der Waals surface area (Å²) in [6.07, 6.45) is 0. The van der Waals surface area contributed by atoms with Crippen LogP contribution in [0.3, 0.4) is 0 Å². The zero-order valence-electron chi connectivity index (χ0n) is 18.1. The first-order chi connectivity index (χ1) is 17.0. The molecule has 0 aliphatic carbocycles. The summed E-state index contributed by atoms with van der Waals surface area (Å²) in [4.78, 5) is 45.8. The smallest absolute Gasteiger partial charge is 0.266 e. The van der Waals surface area contributed by atoms with Crippen LogP contribution in [0.15, 0.2) is 72.1 Å². The maximum atomic E-state index is 12.9. The Kier molecular flexibility index (Phi) is 5.12. The molecular weight excluding hydrogens is 486 g/mol. The largest absolute Gasteiger partial charge is 0.482 e. The van der Waals surface area contributed by atoms with E-state index in [1.807, 2.05) is 35.7 Å². The van der Waals surface area contributed by atoms with Crippen molar-refractivity contribution in [2.24, 2.45) is 0 Å². The van der Waals surface area contributed by atoms with E-state index in [1.165, 1.54) is 16.2 Å². The predicted molar refractivity (Wildman–Crippen MR) is 133 cm³/mol. The molecule has 3 amide bonds. The zero-order chi connectivity index (χ0) is 24.1. The molecule has 0 saturated heterocycles. The van der Waals surface area contributed by atoms with Crippen molar-refractivity contribution in [3.8, 4) is 27.6 Å². The number of carbonyl (C=O) groups excluding carboxylic acids is 3. The number of carbonyl (C=O) groups is 3. The number of rotatable bonds is 4. The molecule has 2 aliphatic rings. The van der Waals surface area contributed by atoms with Crippen molar-refractivity contribution in [2.75, 3.05) is 18.2 Å². The highest BCUT2D eigenvalue weighted by Gasteiger charge is 2.38. The van der Waals surface area contributed by atoms with E-state index in [1.54, 1.807) is 36.4 Å². The fraction of sp³-hybridized carbons (Fsp3) is 0.0769. The lowest BCUT2D eigenvalue weighted by molar-refractivity contribution is -0.121. The van der Waals surface area contributed by atoms with Crippen LogP contribution in [0, 0.1) is 0 Å². The quantitative estimate of drug-likeness (QED) is 0.363. The Morgan fingerprint density at radius 1 is 0.886 bits per heavy atom. The summed E-state index contributed by atoms with van der Waals surface area (Å²) in [6.45, 7) is -0.379. The van der Waals surface area contributed by atoms with Gasteiger partial charge in [0.15, 0.2) is 6.61 Å². The van der Waals surface area contributed by atoms with Gasteiger partial charge >= 0.3 is 0 Å². The summed E-state index contributed by atoms with van der Waals surface area (Å²) in [5.74, 6) is -0.703. The summed E-state index contributed by atoms with van der Waals surface area (Å²) in [5.41, 5.74) is 3.47. The van der Waals surface area contributed by atoms with E-state index in [9.17, 15) is 14.4 Å². The summed E-state index contributed by atoms with van der Waals surface area (Å²) in [7, 11) is 0. The van der Waals surface area contributed by atoms with Crippen LogP contribution >= 0.6 is 22.9 Å². The molecule has 0 N–H and O–H groups in total. The van der Waals surface area contributed by atoms with E-state index >= 15 is 0 Å². The Hall–Kier alpha value is -4.01. The molecule has 3 aromatic carbocycles. The fourth-order valence-electron chi connectivity index (χ4n) is 4.19. The van der Waals surface area contributed by atoms with Crippen molar-refractivity contribution >= 4 is 46.3 Å². The Balaban J connectivity index is 1.34. The fourth-order valence-corrected chi connectivity index (χ4v) is 5.34. The van der Waals surface area contributed by atoms with Gasteiger partial charge in [-0.15, -0.1) is 11.3 Å². The molecule has 9 heteroatoms. The molecule has 0 saturated carbocycles. The highest BCUT2D eigenvalue weighted by Crippen LogP contribution is 2.39. The van der Waals surface area contributed by atoms with Crippen LogP contribution in [0.25, 0.3) is 21.8 Å². The molecule has 35 heavy (non-hydrogen) atoms. The molecule has 0 radical (unpaired) electrons. The molecule has 0 bridgehead atoms. The van der Waals surface area contributed by atoms with E-state index in [4.69, 9.17) is 21.3 Å². The van der Waals surface area contributed by atoms with Gasteiger partial charge in [-0.3, -0.25) is 24.2 Å². The van der Waals surface area contributed by atoms with Gasteiger partial charge in [-0.25, -0.2) is 4.98 Å². The molecule has 3 heterocycles. The van der Waals surface area contributed by atoms with Crippen molar-refractivity contribution in [1.82, 2.24) is 9.88 Å². The third-order valence-corrected chi connectivity index (χ3v) is 7.17. The number of hydrogen-bond acceptors (Lipinski definition) is 6. The van der Waals surface area contributed by atoms with Gasteiger partial charge in [-0.05, 0) is 36.4 Å². The van der Waals surface area contributed by atoms with E-state index in [0.717, 1.165) is 21.0 Å². The number of anilines is 1. The van der Waals surface area contributed by atoms with Crippen LogP contribution in [0.2, 0.25) is 5.02 Å². The average molecular weight is 502 g/mol. The highest BCUT2D eigenvalue weighted by atomic mass is 35.5. The topological polar surface area (TPSA) is 79.8 Å². The number of amides is 3. The van der Waals surface area contributed by atoms with Crippen LogP contribution in [0.1, 0.15) is 20.7 Å². The number of hydrogen-bond donors (Lipinski definition) is 0. The van der Waals surface area contributed by atoms with E-state index in [2.05, 4.69) is 0 Å². The number of nitrogens with zero attached hydrogens (tertiary/aromatic N) is 3. The number of benzene rings is 3. The lowest BCUT2D eigenvalue weighted by Crippen LogP contribution is -2.47. The van der Waals surface area contributed by atoms with Crippen LogP contribution in [0.4, 0.5) is 5.69 Å². The molecule has 7 nitrogen and oxygen atoms in total. The first-order valence-electron chi connectivity index (χ1n) is 10.7. The number of fused-ring (bicyclic) bond motifs is 2. The number of thiazole rings is 1. The van der Waals surface area contributed by atoms with Gasteiger partial charge in [0.1, 0.15) is 17.4 Å². The molecule has 2 aliphatic heterocycles. The maximum absolute atomic E-state index is 12.9. The minimum absolute atomic E-state index is 0.178. The molecule has 6 rings (SSSR count). The number of imide groups is 1. The zero-order valence-corrected chi connectivity index (χ0v) is 19.7. The average Bonchev–Trinajstić information content (AvgIpc) is 3.45. The SMILES string of the molecule is O=C1c2ccccc2C(=O)N1CN1C(=O)COc2ccc(-c3csc(-c4ccccc4Cl)n3)cc21. The summed E-state index contributed by atoms with van der Waals surface area (Å²) in [5, 5.41) is 3.31. The van der Waals surface area contributed by atoms with E-state index < -0.39 is 11.8 Å². The van der Waals surface area contributed by atoms with Crippen LogP contribution in [-0.2, 0) is 4.79 Å². The Bertz CT molecular complexity index is 1500. The second-order valence-corrected chi connectivity index (χ2v) is 9.30. The number of halogens is 1. The van der Waals surface area contributed by atoms with Crippen molar-refractivity contribution in [3.05, 3.63) is 88.3 Å². The van der Waals surface area contributed by atoms with Crippen LogP contribution in [-0.4, -0.2) is 40.9 Å². The Labute approximate surface area is 209 Å². The molecule has 1 aromatic heterocycles. The van der Waals surface area contributed by atoms with Gasteiger partial charge in [0, 0.05) is 16.5 Å². The maximum Gasteiger partial charge on any atom is 0.266 e. The lowest BCUT2D eigenvalue weighted by atomic mass is 10.1. The second-order valence-electron chi connectivity index (χ2n) is 8.04. The van der Waals surface area contributed by atoms with E-state index in [-0.39, 0.29) is 19.2 Å². The van der Waals surface area contributed by atoms with Gasteiger partial charge < -0.3 is 4.74 Å². The van der Waals surface area contributed by atoms with E-state index in [0.29, 0.717) is 33.3 Å². The number of ether oxygens (including phenoxy) is 1. The lowest BCUT2D eigenvalue weighted by Gasteiger charge is -2.32. The summed E-state index contributed by atoms with van der Waals surface area (Å²) < 4.78 is 5.61.